The second-order valence-electron chi connectivity index (χ2n) is 8.77. The molecule has 0 spiro atoms. The number of nitrogens with zero attached hydrogens (tertiary/aromatic N) is 6. The molecule has 38 heavy (non-hydrogen) atoms. The number of anilines is 1. The first kappa shape index (κ1) is 26.8. The van der Waals surface area contributed by atoms with Crippen LogP contribution in [-0.2, 0) is 6.54 Å². The summed E-state index contributed by atoms with van der Waals surface area (Å²) in [7, 11) is 0. The monoisotopic (exact) mass is 530 g/mol. The zero-order valence-corrected chi connectivity index (χ0v) is 20.9. The molecule has 0 amide bonds. The Balaban J connectivity index is 1.73. The standard InChI is InChI=1S/C26H26F4N6O2/c1-5-19(27)23(16(2)3)35-11-9-34(10-12-35)21-13-18-14-32-17(4)33-24(18)36(25(21)37)15-20-22(7-6-8-31-20)38-26(28,29)30/h5-8,13-14H,1-2,9-12,15H2,3-4H3/b23-19-. The summed E-state index contributed by atoms with van der Waals surface area (Å²) < 4.78 is 58.7. The fourth-order valence-electron chi connectivity index (χ4n) is 4.40. The summed E-state index contributed by atoms with van der Waals surface area (Å²) in [5, 5.41) is 0.530. The molecule has 4 rings (SSSR count). The number of alkyl halides is 3. The first-order valence-corrected chi connectivity index (χ1v) is 11.7. The van der Waals surface area contributed by atoms with Crippen molar-refractivity contribution in [3.05, 3.63) is 88.8 Å². The molecule has 0 unspecified atom stereocenters. The molecule has 3 aromatic heterocycles. The zero-order valence-electron chi connectivity index (χ0n) is 20.9. The van der Waals surface area contributed by atoms with Crippen molar-refractivity contribution in [2.45, 2.75) is 26.8 Å². The third-order valence-corrected chi connectivity index (χ3v) is 6.06. The van der Waals surface area contributed by atoms with Gasteiger partial charge in [-0.1, -0.05) is 13.2 Å². The minimum atomic E-state index is -4.92. The third-order valence-electron chi connectivity index (χ3n) is 6.06. The van der Waals surface area contributed by atoms with Crippen LogP contribution < -0.4 is 15.2 Å². The van der Waals surface area contributed by atoms with Crippen molar-refractivity contribution in [1.82, 2.24) is 24.4 Å². The number of hydrogen-bond acceptors (Lipinski definition) is 7. The van der Waals surface area contributed by atoms with Crippen LogP contribution in [-0.4, -0.2) is 57.0 Å². The number of rotatable bonds is 7. The van der Waals surface area contributed by atoms with E-state index in [1.54, 1.807) is 26.1 Å². The molecule has 0 N–H and O–H groups in total. The fraction of sp³-hybridized carbons (Fsp3) is 0.308. The Bertz CT molecular complexity index is 1470. The summed E-state index contributed by atoms with van der Waals surface area (Å²) in [6.07, 6.45) is -0.910. The molecular formula is C26H26F4N6O2. The number of fused-ring (bicyclic) bond motifs is 1. The Labute approximate surface area is 216 Å². The average molecular weight is 531 g/mol. The Morgan fingerprint density at radius 3 is 2.55 bits per heavy atom. The summed E-state index contributed by atoms with van der Waals surface area (Å²) in [5.74, 6) is -0.588. The Hall–Kier alpha value is -4.22. The average Bonchev–Trinajstić information content (AvgIpc) is 2.86. The summed E-state index contributed by atoms with van der Waals surface area (Å²) >= 11 is 0. The van der Waals surface area contributed by atoms with Gasteiger partial charge in [0, 0.05) is 44.0 Å². The molecule has 3 aromatic rings. The maximum absolute atomic E-state index is 14.4. The van der Waals surface area contributed by atoms with Gasteiger partial charge < -0.3 is 14.5 Å². The van der Waals surface area contributed by atoms with Crippen molar-refractivity contribution in [3.8, 4) is 5.75 Å². The van der Waals surface area contributed by atoms with Crippen molar-refractivity contribution in [2.75, 3.05) is 31.1 Å². The second-order valence-corrected chi connectivity index (χ2v) is 8.77. The number of hydrogen-bond donors (Lipinski definition) is 0. The minimum absolute atomic E-state index is 0.0809. The van der Waals surface area contributed by atoms with Crippen molar-refractivity contribution >= 4 is 16.7 Å². The number of ether oxygens (including phenoxy) is 1. The molecule has 4 heterocycles. The lowest BCUT2D eigenvalue weighted by Gasteiger charge is -2.38. The van der Waals surface area contributed by atoms with Gasteiger partial charge in [0.15, 0.2) is 5.75 Å². The molecule has 0 aromatic carbocycles. The predicted molar refractivity (Wildman–Crippen MR) is 135 cm³/mol. The summed E-state index contributed by atoms with van der Waals surface area (Å²) in [5.41, 5.74) is 0.969. The topological polar surface area (TPSA) is 76.4 Å². The summed E-state index contributed by atoms with van der Waals surface area (Å²) in [6, 6.07) is 4.12. The Morgan fingerprint density at radius 2 is 1.92 bits per heavy atom. The van der Waals surface area contributed by atoms with Crippen molar-refractivity contribution in [3.63, 3.8) is 0 Å². The van der Waals surface area contributed by atoms with E-state index in [9.17, 15) is 22.4 Å². The first-order valence-electron chi connectivity index (χ1n) is 11.7. The van der Waals surface area contributed by atoms with E-state index in [4.69, 9.17) is 0 Å². The molecule has 0 saturated carbocycles. The molecule has 0 radical (unpaired) electrons. The molecule has 0 aliphatic carbocycles. The number of allylic oxidation sites excluding steroid dienone is 3. The normalized spacial score (nSPS) is 14.9. The third kappa shape index (κ3) is 5.68. The van der Waals surface area contributed by atoms with Gasteiger partial charge in [-0.15, -0.1) is 13.2 Å². The van der Waals surface area contributed by atoms with Gasteiger partial charge >= 0.3 is 6.36 Å². The highest BCUT2D eigenvalue weighted by Crippen LogP contribution is 2.27. The van der Waals surface area contributed by atoms with Crippen LogP contribution in [0.5, 0.6) is 5.75 Å². The largest absolute Gasteiger partial charge is 0.573 e. The lowest BCUT2D eigenvalue weighted by Crippen LogP contribution is -2.48. The van der Waals surface area contributed by atoms with Crippen LogP contribution in [0.15, 0.2) is 71.7 Å². The van der Waals surface area contributed by atoms with E-state index in [2.05, 4.69) is 32.8 Å². The van der Waals surface area contributed by atoms with Crippen LogP contribution in [0.3, 0.4) is 0 Å². The van der Waals surface area contributed by atoms with E-state index in [0.29, 0.717) is 54.3 Å². The molecular weight excluding hydrogens is 504 g/mol. The van der Waals surface area contributed by atoms with Crippen molar-refractivity contribution in [1.29, 1.82) is 0 Å². The van der Waals surface area contributed by atoms with E-state index in [0.717, 1.165) is 12.1 Å². The van der Waals surface area contributed by atoms with E-state index >= 15 is 0 Å². The zero-order chi connectivity index (χ0) is 27.6. The number of piperazine rings is 1. The fourth-order valence-corrected chi connectivity index (χ4v) is 4.40. The van der Waals surface area contributed by atoms with E-state index in [1.807, 2.05) is 9.80 Å². The van der Waals surface area contributed by atoms with Crippen LogP contribution in [0.4, 0.5) is 23.2 Å². The van der Waals surface area contributed by atoms with Gasteiger partial charge in [-0.3, -0.25) is 14.3 Å². The summed E-state index contributed by atoms with van der Waals surface area (Å²) in [6.45, 7) is 12.0. The molecule has 8 nitrogen and oxygen atoms in total. The maximum Gasteiger partial charge on any atom is 0.573 e. The van der Waals surface area contributed by atoms with Crippen molar-refractivity contribution in [2.24, 2.45) is 0 Å². The number of aromatic nitrogens is 4. The van der Waals surface area contributed by atoms with Gasteiger partial charge in [-0.25, -0.2) is 14.4 Å². The lowest BCUT2D eigenvalue weighted by molar-refractivity contribution is -0.275. The van der Waals surface area contributed by atoms with Gasteiger partial charge in [-0.05, 0) is 43.7 Å². The molecule has 1 aliphatic rings. The Morgan fingerprint density at radius 1 is 1.21 bits per heavy atom. The molecule has 0 atom stereocenters. The SMILES string of the molecule is C=C/C(F)=C(\C(=C)C)N1CCN(c2cc3cnc(C)nc3n(Cc3ncccc3OC(F)(F)F)c2=O)CC1. The lowest BCUT2D eigenvalue weighted by atomic mass is 10.1. The predicted octanol–water partition coefficient (Wildman–Crippen LogP) is 4.51. The number of halogens is 4. The van der Waals surface area contributed by atoms with Gasteiger partial charge in [-0.2, -0.15) is 0 Å². The molecule has 1 fully saturated rings. The van der Waals surface area contributed by atoms with Gasteiger partial charge in [0.05, 0.1) is 12.2 Å². The highest BCUT2D eigenvalue weighted by molar-refractivity contribution is 5.78. The minimum Gasteiger partial charge on any atom is -0.404 e. The van der Waals surface area contributed by atoms with Gasteiger partial charge in [0.2, 0.25) is 0 Å². The van der Waals surface area contributed by atoms with Gasteiger partial charge in [0.25, 0.3) is 5.56 Å². The number of pyridine rings is 2. The highest BCUT2D eigenvalue weighted by atomic mass is 19.4. The van der Waals surface area contributed by atoms with E-state index < -0.39 is 23.5 Å². The highest BCUT2D eigenvalue weighted by Gasteiger charge is 2.32. The van der Waals surface area contributed by atoms with Crippen LogP contribution in [0.2, 0.25) is 0 Å². The molecule has 12 heteroatoms. The van der Waals surface area contributed by atoms with E-state index in [1.165, 1.54) is 16.8 Å². The molecule has 1 saturated heterocycles. The van der Waals surface area contributed by atoms with Crippen LogP contribution in [0.25, 0.3) is 11.0 Å². The quantitative estimate of drug-likeness (QED) is 0.329. The summed E-state index contributed by atoms with van der Waals surface area (Å²) in [4.78, 5) is 30.0. The maximum atomic E-state index is 14.4. The first-order chi connectivity index (χ1) is 18.0. The van der Waals surface area contributed by atoms with Crippen LogP contribution >= 0.6 is 0 Å². The van der Waals surface area contributed by atoms with Gasteiger partial charge in [0.1, 0.15) is 28.7 Å². The van der Waals surface area contributed by atoms with Crippen LogP contribution in [0, 0.1) is 6.92 Å². The molecule has 200 valence electrons. The number of aryl methyl sites for hydroxylation is 1. The Kier molecular flexibility index (Phi) is 7.51. The smallest absolute Gasteiger partial charge is 0.404 e. The van der Waals surface area contributed by atoms with Crippen LogP contribution in [0.1, 0.15) is 18.4 Å². The van der Waals surface area contributed by atoms with E-state index in [-0.39, 0.29) is 17.9 Å². The molecule has 0 bridgehead atoms. The molecule has 1 aliphatic heterocycles. The second kappa shape index (κ2) is 10.6. The van der Waals surface area contributed by atoms with Crippen molar-refractivity contribution < 1.29 is 22.3 Å².